The van der Waals surface area contributed by atoms with Crippen LogP contribution in [0.25, 0.3) is 0 Å². The van der Waals surface area contributed by atoms with Gasteiger partial charge in [-0.15, -0.1) is 0 Å². The van der Waals surface area contributed by atoms with Crippen LogP contribution in [0.4, 0.5) is 13.2 Å². The first-order valence-corrected chi connectivity index (χ1v) is 15.1. The Morgan fingerprint density at radius 1 is 0.657 bits per heavy atom. The van der Waals surface area contributed by atoms with Crippen LogP contribution in [-0.2, 0) is 6.42 Å². The number of alkyl halides is 1. The monoisotopic (exact) mass is 490 g/mol. The van der Waals surface area contributed by atoms with Gasteiger partial charge in [0.25, 0.3) is 0 Å². The molecule has 0 spiro atoms. The number of halogens is 3. The summed E-state index contributed by atoms with van der Waals surface area (Å²) < 4.78 is 41.4. The zero-order chi connectivity index (χ0) is 24.6. The van der Waals surface area contributed by atoms with E-state index in [9.17, 15) is 13.2 Å². The first-order chi connectivity index (χ1) is 17.1. The zero-order valence-corrected chi connectivity index (χ0v) is 22.2. The van der Waals surface area contributed by atoms with Crippen LogP contribution in [0.15, 0.2) is 12.1 Å². The molecular weight excluding hydrogens is 441 g/mol. The summed E-state index contributed by atoms with van der Waals surface area (Å²) in [6.45, 7) is 1.77. The molecule has 0 aromatic heterocycles. The van der Waals surface area contributed by atoms with E-state index in [0.29, 0.717) is 0 Å². The number of hydrogen-bond donors (Lipinski definition) is 0. The van der Waals surface area contributed by atoms with Gasteiger partial charge in [0.2, 0.25) is 0 Å². The van der Waals surface area contributed by atoms with Crippen molar-refractivity contribution < 1.29 is 13.2 Å². The minimum Gasteiger partial charge on any atom is -0.251 e. The van der Waals surface area contributed by atoms with Crippen molar-refractivity contribution in [3.05, 3.63) is 34.9 Å². The van der Waals surface area contributed by atoms with Gasteiger partial charge >= 0.3 is 0 Å². The van der Waals surface area contributed by atoms with Crippen LogP contribution in [0.3, 0.4) is 0 Å². The molecule has 3 saturated carbocycles. The molecule has 0 atom stereocenters. The third-order valence-corrected chi connectivity index (χ3v) is 10.2. The molecule has 3 aliphatic carbocycles. The molecule has 0 aliphatic heterocycles. The Kier molecular flexibility index (Phi) is 10.5. The Balaban J connectivity index is 1.19. The van der Waals surface area contributed by atoms with E-state index >= 15 is 0 Å². The quantitative estimate of drug-likeness (QED) is 0.286. The van der Waals surface area contributed by atoms with Crippen LogP contribution in [-0.4, -0.2) is 6.67 Å². The highest BCUT2D eigenvalue weighted by Gasteiger charge is 2.35. The fraction of sp³-hybridized carbons (Fsp3) is 0.812. The molecule has 0 radical (unpaired) electrons. The summed E-state index contributed by atoms with van der Waals surface area (Å²) >= 11 is 0. The van der Waals surface area contributed by atoms with E-state index in [1.54, 1.807) is 0 Å². The smallest absolute Gasteiger partial charge is 0.129 e. The summed E-state index contributed by atoms with van der Waals surface area (Å²) in [5, 5.41) is 0. The summed E-state index contributed by atoms with van der Waals surface area (Å²) in [6, 6.07) is 3.07. The fourth-order valence-corrected chi connectivity index (χ4v) is 7.98. The van der Waals surface area contributed by atoms with Gasteiger partial charge in [-0.25, -0.2) is 8.78 Å². The van der Waals surface area contributed by atoms with Crippen LogP contribution in [0.2, 0.25) is 0 Å². The summed E-state index contributed by atoms with van der Waals surface area (Å²) in [5.41, 5.74) is 0.873. The Bertz CT molecular complexity index is 727. The Hall–Kier alpha value is -0.990. The number of benzene rings is 1. The maximum Gasteiger partial charge on any atom is 0.129 e. The van der Waals surface area contributed by atoms with Gasteiger partial charge in [0.05, 0.1) is 6.67 Å². The van der Waals surface area contributed by atoms with Gasteiger partial charge in [-0.2, -0.15) is 0 Å². The molecule has 1 aromatic rings. The molecule has 198 valence electrons. The topological polar surface area (TPSA) is 0 Å². The highest BCUT2D eigenvalue weighted by molar-refractivity contribution is 5.29. The highest BCUT2D eigenvalue weighted by Crippen LogP contribution is 2.47. The highest BCUT2D eigenvalue weighted by atomic mass is 19.1. The molecule has 4 rings (SSSR count). The predicted octanol–water partition coefficient (Wildman–Crippen LogP) is 10.3. The van der Waals surface area contributed by atoms with Crippen molar-refractivity contribution in [2.75, 3.05) is 6.67 Å². The number of hydrogen-bond acceptors (Lipinski definition) is 0. The minimum absolute atomic E-state index is 0.0572. The molecule has 35 heavy (non-hydrogen) atoms. The second kappa shape index (κ2) is 13.5. The van der Waals surface area contributed by atoms with Gasteiger partial charge in [0.15, 0.2) is 0 Å². The normalized spacial score (nSPS) is 32.0. The predicted molar refractivity (Wildman–Crippen MR) is 140 cm³/mol. The molecule has 0 unspecified atom stereocenters. The lowest BCUT2D eigenvalue weighted by Crippen LogP contribution is -2.29. The van der Waals surface area contributed by atoms with Gasteiger partial charge in [0, 0.05) is 5.56 Å². The molecule has 3 aliphatic rings. The SMILES string of the molecule is CCCCC[C@H]1CC[C@H]([C@H]2CC[C@H]([C@H]3CC[C@H](c4cc(F)c(CCCF)c(F)c4)CC3)CC2)CC1. The third kappa shape index (κ3) is 7.29. The van der Waals surface area contributed by atoms with E-state index in [-0.39, 0.29) is 24.3 Å². The second-order valence-corrected chi connectivity index (χ2v) is 12.3. The van der Waals surface area contributed by atoms with E-state index in [4.69, 9.17) is 0 Å². The van der Waals surface area contributed by atoms with Crippen molar-refractivity contribution in [2.45, 2.75) is 128 Å². The summed E-state index contributed by atoms with van der Waals surface area (Å²) in [4.78, 5) is 0. The van der Waals surface area contributed by atoms with Crippen molar-refractivity contribution in [1.82, 2.24) is 0 Å². The van der Waals surface area contributed by atoms with Gasteiger partial charge in [-0.3, -0.25) is 4.39 Å². The second-order valence-electron chi connectivity index (χ2n) is 12.3. The third-order valence-electron chi connectivity index (χ3n) is 10.2. The standard InChI is InChI=1S/C32H49F3/c1-2-3-4-6-23-8-10-24(11-9-23)25-12-14-26(15-13-25)27-16-18-28(19-17-27)29-21-31(34)30(7-5-20-33)32(35)22-29/h21-28H,2-20H2,1H3/t23-,24-,25-,26-,27-,28-. The number of unbranched alkanes of at least 4 members (excludes halogenated alkanes) is 2. The molecule has 0 heterocycles. The summed E-state index contributed by atoms with van der Waals surface area (Å²) in [7, 11) is 0. The van der Waals surface area contributed by atoms with E-state index in [2.05, 4.69) is 6.92 Å². The van der Waals surface area contributed by atoms with E-state index in [1.165, 1.54) is 102 Å². The van der Waals surface area contributed by atoms with Crippen LogP contribution >= 0.6 is 0 Å². The maximum atomic E-state index is 14.5. The van der Waals surface area contributed by atoms with Crippen molar-refractivity contribution in [3.8, 4) is 0 Å². The largest absolute Gasteiger partial charge is 0.251 e. The first kappa shape index (κ1) is 27.1. The molecule has 0 N–H and O–H groups in total. The van der Waals surface area contributed by atoms with Crippen LogP contribution in [0.1, 0.15) is 133 Å². The maximum absolute atomic E-state index is 14.5. The first-order valence-electron chi connectivity index (χ1n) is 15.1. The van der Waals surface area contributed by atoms with Crippen LogP contribution < -0.4 is 0 Å². The average Bonchev–Trinajstić information content (AvgIpc) is 2.89. The van der Waals surface area contributed by atoms with Gasteiger partial charge in [-0.05, 0) is 130 Å². The molecule has 1 aromatic carbocycles. The molecule has 0 nitrogen and oxygen atoms in total. The molecular formula is C32H49F3. The molecule has 3 fully saturated rings. The molecule has 0 saturated heterocycles. The summed E-state index contributed by atoms with van der Waals surface area (Å²) in [5.74, 6) is 3.96. The van der Waals surface area contributed by atoms with Gasteiger partial charge < -0.3 is 0 Å². The van der Waals surface area contributed by atoms with Crippen molar-refractivity contribution in [1.29, 1.82) is 0 Å². The Labute approximate surface area is 212 Å². The fourth-order valence-electron chi connectivity index (χ4n) is 7.98. The van der Waals surface area contributed by atoms with Crippen LogP contribution in [0.5, 0.6) is 0 Å². The summed E-state index contributed by atoms with van der Waals surface area (Å²) in [6.07, 6.45) is 22.1. The Morgan fingerprint density at radius 3 is 1.63 bits per heavy atom. The lowest BCUT2D eigenvalue weighted by molar-refractivity contribution is 0.108. The molecule has 0 amide bonds. The zero-order valence-electron chi connectivity index (χ0n) is 22.2. The molecule has 0 bridgehead atoms. The van der Waals surface area contributed by atoms with E-state index < -0.39 is 18.3 Å². The van der Waals surface area contributed by atoms with Crippen LogP contribution in [0, 0.1) is 41.2 Å². The minimum atomic E-state index is -0.535. The van der Waals surface area contributed by atoms with E-state index in [1.807, 2.05) is 0 Å². The Morgan fingerprint density at radius 2 is 1.14 bits per heavy atom. The van der Waals surface area contributed by atoms with Crippen molar-refractivity contribution in [3.63, 3.8) is 0 Å². The van der Waals surface area contributed by atoms with Gasteiger partial charge in [0.1, 0.15) is 11.6 Å². The average molecular weight is 491 g/mol. The lowest BCUT2D eigenvalue weighted by atomic mass is 9.64. The van der Waals surface area contributed by atoms with Crippen molar-refractivity contribution >= 4 is 0 Å². The molecule has 3 heteroatoms. The lowest BCUT2D eigenvalue weighted by Gasteiger charge is -2.41. The van der Waals surface area contributed by atoms with E-state index in [0.717, 1.165) is 48.0 Å². The van der Waals surface area contributed by atoms with Crippen molar-refractivity contribution in [2.24, 2.45) is 29.6 Å². The number of rotatable bonds is 10. The van der Waals surface area contributed by atoms with Gasteiger partial charge in [-0.1, -0.05) is 45.4 Å².